The molecule has 1 aromatic carbocycles. The Labute approximate surface area is 207 Å². The molecule has 0 spiro atoms. The van der Waals surface area contributed by atoms with E-state index in [0.29, 0.717) is 0 Å². The van der Waals surface area contributed by atoms with Crippen molar-refractivity contribution in [1.82, 2.24) is 20.5 Å². The third-order valence-corrected chi connectivity index (χ3v) is 6.44. The number of likely N-dealkylation sites (tertiary alicyclic amines) is 1. The van der Waals surface area contributed by atoms with Gasteiger partial charge in [-0.2, -0.15) is 0 Å². The number of nitrogens with zero attached hydrogens (tertiary/aromatic N) is 3. The third-order valence-electron chi connectivity index (χ3n) is 5.40. The summed E-state index contributed by atoms with van der Waals surface area (Å²) < 4.78 is 5.45. The van der Waals surface area contributed by atoms with E-state index < -0.39 is 0 Å². The van der Waals surface area contributed by atoms with E-state index in [-0.39, 0.29) is 30.0 Å². The van der Waals surface area contributed by atoms with Crippen molar-refractivity contribution < 1.29 is 4.74 Å². The third kappa shape index (κ3) is 7.91. The lowest BCUT2D eigenvalue weighted by atomic mass is 10.1. The van der Waals surface area contributed by atoms with Crippen LogP contribution in [0.4, 0.5) is 0 Å². The minimum absolute atomic E-state index is 0. The van der Waals surface area contributed by atoms with Crippen LogP contribution in [-0.4, -0.2) is 55.7 Å². The summed E-state index contributed by atoms with van der Waals surface area (Å²) in [6.45, 7) is 8.90. The van der Waals surface area contributed by atoms with E-state index >= 15 is 0 Å². The van der Waals surface area contributed by atoms with E-state index in [0.717, 1.165) is 63.0 Å². The van der Waals surface area contributed by atoms with Crippen molar-refractivity contribution in [3.05, 3.63) is 45.9 Å². The first-order chi connectivity index (χ1) is 14.7. The van der Waals surface area contributed by atoms with E-state index in [4.69, 9.17) is 9.73 Å². The Hall–Kier alpha value is -1.39. The maximum atomic E-state index is 5.45. The summed E-state index contributed by atoms with van der Waals surface area (Å²) in [5.41, 5.74) is 2.43. The van der Waals surface area contributed by atoms with Gasteiger partial charge in [0.1, 0.15) is 5.75 Å². The van der Waals surface area contributed by atoms with Gasteiger partial charge in [0.05, 0.1) is 30.4 Å². The number of benzene rings is 1. The van der Waals surface area contributed by atoms with Gasteiger partial charge in [0.15, 0.2) is 5.96 Å². The Bertz CT molecular complexity index is 807. The molecule has 1 aliphatic heterocycles. The molecule has 0 saturated carbocycles. The highest BCUT2D eigenvalue weighted by Gasteiger charge is 2.23. The van der Waals surface area contributed by atoms with Crippen LogP contribution >= 0.6 is 35.3 Å². The van der Waals surface area contributed by atoms with Crippen LogP contribution in [0.3, 0.4) is 0 Å². The standard InChI is InChI=1S/C23H35N5OS.HI/c1-4-22-27-19(17-30-22)11-12-25-23(24-5-2)26-16-21(28-13-6-7-14-28)18-9-8-10-20(15-18)29-3;/h8-10,15,17,21H,4-7,11-14,16H2,1-3H3,(H2,24,25,26);1H. The summed E-state index contributed by atoms with van der Waals surface area (Å²) >= 11 is 1.75. The zero-order chi connectivity index (χ0) is 21.2. The van der Waals surface area contributed by atoms with Crippen LogP contribution in [0.1, 0.15) is 49.0 Å². The molecule has 8 heteroatoms. The van der Waals surface area contributed by atoms with Crippen LogP contribution in [0.25, 0.3) is 0 Å². The predicted octanol–water partition coefficient (Wildman–Crippen LogP) is 4.27. The van der Waals surface area contributed by atoms with Crippen LogP contribution in [0.5, 0.6) is 5.75 Å². The largest absolute Gasteiger partial charge is 0.497 e. The summed E-state index contributed by atoms with van der Waals surface area (Å²) in [6, 6.07) is 8.68. The van der Waals surface area contributed by atoms with Crippen molar-refractivity contribution in [3.63, 3.8) is 0 Å². The summed E-state index contributed by atoms with van der Waals surface area (Å²) in [6.07, 6.45) is 4.43. The Morgan fingerprint density at radius 3 is 2.74 bits per heavy atom. The Balaban J connectivity index is 0.00000341. The molecule has 1 fully saturated rings. The van der Waals surface area contributed by atoms with Gasteiger partial charge in [-0.25, -0.2) is 4.98 Å². The zero-order valence-corrected chi connectivity index (χ0v) is 22.0. The monoisotopic (exact) mass is 557 g/mol. The average molecular weight is 558 g/mol. The molecule has 0 amide bonds. The number of hydrogen-bond donors (Lipinski definition) is 2. The number of methoxy groups -OCH3 is 1. The fourth-order valence-electron chi connectivity index (χ4n) is 3.79. The van der Waals surface area contributed by atoms with Crippen LogP contribution in [0, 0.1) is 0 Å². The number of rotatable bonds is 10. The lowest BCUT2D eigenvalue weighted by molar-refractivity contribution is 0.251. The van der Waals surface area contributed by atoms with Gasteiger partial charge in [-0.05, 0) is 57.0 Å². The van der Waals surface area contributed by atoms with Crippen molar-refractivity contribution in [2.75, 3.05) is 39.8 Å². The number of halogens is 1. The molecule has 3 rings (SSSR count). The molecule has 1 aliphatic rings. The number of aromatic nitrogens is 1. The molecule has 0 radical (unpaired) electrons. The van der Waals surface area contributed by atoms with Crippen molar-refractivity contribution in [2.24, 2.45) is 4.99 Å². The van der Waals surface area contributed by atoms with Crippen molar-refractivity contribution in [3.8, 4) is 5.75 Å². The van der Waals surface area contributed by atoms with E-state index in [1.165, 1.54) is 23.4 Å². The number of thiazole rings is 1. The molecule has 1 unspecified atom stereocenters. The lowest BCUT2D eigenvalue weighted by Crippen LogP contribution is -2.39. The van der Waals surface area contributed by atoms with Gasteiger partial charge < -0.3 is 15.4 Å². The van der Waals surface area contributed by atoms with E-state index in [1.54, 1.807) is 18.4 Å². The second kappa shape index (κ2) is 13.9. The molecule has 31 heavy (non-hydrogen) atoms. The van der Waals surface area contributed by atoms with Gasteiger partial charge in [0.2, 0.25) is 0 Å². The topological polar surface area (TPSA) is 61.8 Å². The van der Waals surface area contributed by atoms with Crippen molar-refractivity contribution >= 4 is 41.3 Å². The quantitative estimate of drug-likeness (QED) is 0.260. The van der Waals surface area contributed by atoms with Crippen molar-refractivity contribution in [2.45, 2.75) is 45.6 Å². The fraction of sp³-hybridized carbons (Fsp3) is 0.565. The maximum absolute atomic E-state index is 5.45. The number of aryl methyl sites for hydroxylation is 1. The number of guanidine groups is 1. The van der Waals surface area contributed by atoms with Gasteiger partial charge in [0, 0.05) is 24.9 Å². The molecule has 1 atom stereocenters. The van der Waals surface area contributed by atoms with Gasteiger partial charge in [0.25, 0.3) is 0 Å². The second-order valence-corrected chi connectivity index (χ2v) is 8.46. The number of ether oxygens (including phenoxy) is 1. The highest BCUT2D eigenvalue weighted by atomic mass is 127. The summed E-state index contributed by atoms with van der Waals surface area (Å²) in [7, 11) is 1.72. The fourth-order valence-corrected chi connectivity index (χ4v) is 4.57. The zero-order valence-electron chi connectivity index (χ0n) is 18.9. The molecular weight excluding hydrogens is 521 g/mol. The van der Waals surface area contributed by atoms with Crippen LogP contribution in [0.15, 0.2) is 34.6 Å². The number of hydrogen-bond acceptors (Lipinski definition) is 5. The lowest BCUT2D eigenvalue weighted by Gasteiger charge is -2.27. The Kier molecular flexibility index (Phi) is 11.6. The average Bonchev–Trinajstić information content (AvgIpc) is 3.46. The minimum atomic E-state index is 0. The van der Waals surface area contributed by atoms with Crippen LogP contribution in [-0.2, 0) is 12.8 Å². The number of nitrogens with one attached hydrogen (secondary N) is 2. The highest BCUT2D eigenvalue weighted by molar-refractivity contribution is 14.0. The Morgan fingerprint density at radius 1 is 1.26 bits per heavy atom. The molecule has 2 aromatic rings. The van der Waals surface area contributed by atoms with Gasteiger partial charge in [-0.1, -0.05) is 19.1 Å². The molecule has 0 bridgehead atoms. The first-order valence-corrected chi connectivity index (χ1v) is 11.9. The first kappa shape index (κ1) is 25.9. The normalized spacial score (nSPS) is 15.4. The van der Waals surface area contributed by atoms with E-state index in [1.807, 2.05) is 6.07 Å². The molecule has 1 saturated heterocycles. The smallest absolute Gasteiger partial charge is 0.191 e. The summed E-state index contributed by atoms with van der Waals surface area (Å²) in [4.78, 5) is 12.1. The van der Waals surface area contributed by atoms with Gasteiger partial charge in [-0.3, -0.25) is 9.89 Å². The molecule has 172 valence electrons. The minimum Gasteiger partial charge on any atom is -0.497 e. The molecular formula is C23H36IN5OS. The summed E-state index contributed by atoms with van der Waals surface area (Å²) in [5.74, 6) is 1.77. The number of aliphatic imine (C=N–C) groups is 1. The van der Waals surface area contributed by atoms with E-state index in [9.17, 15) is 0 Å². The Morgan fingerprint density at radius 2 is 2.06 bits per heavy atom. The second-order valence-electron chi connectivity index (χ2n) is 7.52. The van der Waals surface area contributed by atoms with Crippen LogP contribution < -0.4 is 15.4 Å². The molecule has 1 aromatic heterocycles. The van der Waals surface area contributed by atoms with E-state index in [2.05, 4.69) is 57.9 Å². The predicted molar refractivity (Wildman–Crippen MR) is 141 cm³/mol. The first-order valence-electron chi connectivity index (χ1n) is 11.1. The van der Waals surface area contributed by atoms with Crippen LogP contribution in [0.2, 0.25) is 0 Å². The van der Waals surface area contributed by atoms with Gasteiger partial charge >= 0.3 is 0 Å². The molecule has 0 aliphatic carbocycles. The highest BCUT2D eigenvalue weighted by Crippen LogP contribution is 2.27. The summed E-state index contributed by atoms with van der Waals surface area (Å²) in [5, 5.41) is 10.2. The molecule has 2 N–H and O–H groups in total. The maximum Gasteiger partial charge on any atom is 0.191 e. The van der Waals surface area contributed by atoms with Gasteiger partial charge in [-0.15, -0.1) is 35.3 Å². The SMILES string of the molecule is CCNC(=NCC(c1cccc(OC)c1)N1CCCC1)NCCc1csc(CC)n1.I. The molecule has 2 heterocycles. The molecule has 6 nitrogen and oxygen atoms in total. The van der Waals surface area contributed by atoms with Crippen molar-refractivity contribution in [1.29, 1.82) is 0 Å².